The molecule has 2 aromatic rings. The SMILES string of the molecule is COc1ccc(OC)c([C@H]2CCCN2C(=O)c2cnsn2)c1. The van der Waals surface area contributed by atoms with E-state index in [-0.39, 0.29) is 11.9 Å². The third kappa shape index (κ3) is 2.64. The number of rotatable bonds is 4. The Labute approximate surface area is 133 Å². The van der Waals surface area contributed by atoms with E-state index in [9.17, 15) is 4.79 Å². The van der Waals surface area contributed by atoms with Crippen molar-refractivity contribution in [1.29, 1.82) is 0 Å². The van der Waals surface area contributed by atoms with E-state index in [1.54, 1.807) is 14.2 Å². The van der Waals surface area contributed by atoms with Gasteiger partial charge in [-0.25, -0.2) is 0 Å². The second kappa shape index (κ2) is 6.31. The molecule has 0 unspecified atom stereocenters. The Morgan fingerprint density at radius 2 is 2.23 bits per heavy atom. The minimum Gasteiger partial charge on any atom is -0.497 e. The molecule has 0 bridgehead atoms. The summed E-state index contributed by atoms with van der Waals surface area (Å²) in [5.41, 5.74) is 1.37. The van der Waals surface area contributed by atoms with Crippen LogP contribution in [-0.2, 0) is 0 Å². The molecule has 1 saturated heterocycles. The lowest BCUT2D eigenvalue weighted by Gasteiger charge is -2.26. The van der Waals surface area contributed by atoms with Crippen molar-refractivity contribution in [1.82, 2.24) is 13.6 Å². The van der Waals surface area contributed by atoms with Crippen molar-refractivity contribution in [2.24, 2.45) is 0 Å². The van der Waals surface area contributed by atoms with Gasteiger partial charge < -0.3 is 14.4 Å². The second-order valence-electron chi connectivity index (χ2n) is 5.06. The maximum absolute atomic E-state index is 12.6. The molecule has 0 spiro atoms. The Bertz CT molecular complexity index is 660. The van der Waals surface area contributed by atoms with Gasteiger partial charge in [0, 0.05) is 12.1 Å². The molecule has 1 atom stereocenters. The van der Waals surface area contributed by atoms with Gasteiger partial charge in [0.25, 0.3) is 5.91 Å². The number of carbonyl (C=O) groups is 1. The molecule has 116 valence electrons. The number of benzene rings is 1. The zero-order chi connectivity index (χ0) is 15.5. The zero-order valence-corrected chi connectivity index (χ0v) is 13.3. The van der Waals surface area contributed by atoms with Crippen molar-refractivity contribution in [3.05, 3.63) is 35.7 Å². The molecule has 7 heteroatoms. The highest BCUT2D eigenvalue weighted by Crippen LogP contribution is 2.39. The van der Waals surface area contributed by atoms with Gasteiger partial charge in [-0.05, 0) is 31.0 Å². The van der Waals surface area contributed by atoms with Crippen molar-refractivity contribution in [2.75, 3.05) is 20.8 Å². The summed E-state index contributed by atoms with van der Waals surface area (Å²) >= 11 is 1.05. The quantitative estimate of drug-likeness (QED) is 0.866. The van der Waals surface area contributed by atoms with Crippen molar-refractivity contribution < 1.29 is 14.3 Å². The summed E-state index contributed by atoms with van der Waals surface area (Å²) in [6.07, 6.45) is 3.37. The third-order valence-electron chi connectivity index (χ3n) is 3.89. The van der Waals surface area contributed by atoms with Crippen molar-refractivity contribution in [3.63, 3.8) is 0 Å². The topological polar surface area (TPSA) is 64.6 Å². The molecule has 1 aromatic carbocycles. The first-order valence-electron chi connectivity index (χ1n) is 7.05. The van der Waals surface area contributed by atoms with E-state index in [1.165, 1.54) is 6.20 Å². The molecule has 0 aliphatic carbocycles. The van der Waals surface area contributed by atoms with Crippen LogP contribution in [0.5, 0.6) is 11.5 Å². The molecule has 2 heterocycles. The predicted octanol–water partition coefficient (Wildman–Crippen LogP) is 2.53. The summed E-state index contributed by atoms with van der Waals surface area (Å²) in [7, 11) is 3.26. The Hall–Kier alpha value is -2.15. The molecule has 6 nitrogen and oxygen atoms in total. The molecule has 3 rings (SSSR count). The number of ether oxygens (including phenoxy) is 2. The summed E-state index contributed by atoms with van der Waals surface area (Å²) in [6.45, 7) is 0.710. The standard InChI is InChI=1S/C15H17N3O3S/c1-20-10-5-6-14(21-2)11(8-10)13-4-3-7-18(13)15(19)12-9-16-22-17-12/h5-6,8-9,13H,3-4,7H2,1-2H3/t13-/m1/s1. The van der Waals surface area contributed by atoms with Crippen molar-refractivity contribution in [3.8, 4) is 11.5 Å². The van der Waals surface area contributed by atoms with Gasteiger partial charge >= 0.3 is 0 Å². The number of methoxy groups -OCH3 is 2. The Morgan fingerprint density at radius 1 is 1.36 bits per heavy atom. The maximum atomic E-state index is 12.6. The maximum Gasteiger partial charge on any atom is 0.275 e. The molecule has 1 aliphatic heterocycles. The third-order valence-corrected chi connectivity index (χ3v) is 4.37. The number of carbonyl (C=O) groups excluding carboxylic acids is 1. The number of amides is 1. The van der Waals surface area contributed by atoms with Crippen LogP contribution in [0.25, 0.3) is 0 Å². The van der Waals surface area contributed by atoms with E-state index in [4.69, 9.17) is 9.47 Å². The molecule has 22 heavy (non-hydrogen) atoms. The van der Waals surface area contributed by atoms with E-state index in [0.29, 0.717) is 12.2 Å². The number of hydrogen-bond acceptors (Lipinski definition) is 6. The first-order valence-corrected chi connectivity index (χ1v) is 7.78. The molecule has 1 aliphatic rings. The number of likely N-dealkylation sites (tertiary alicyclic amines) is 1. The lowest BCUT2D eigenvalue weighted by molar-refractivity contribution is 0.0729. The van der Waals surface area contributed by atoms with Gasteiger partial charge in [-0.2, -0.15) is 8.75 Å². The monoisotopic (exact) mass is 319 g/mol. The van der Waals surface area contributed by atoms with Gasteiger partial charge in [0.05, 0.1) is 38.2 Å². The first-order chi connectivity index (χ1) is 10.7. The van der Waals surface area contributed by atoms with E-state index in [2.05, 4.69) is 8.75 Å². The highest BCUT2D eigenvalue weighted by atomic mass is 32.1. The van der Waals surface area contributed by atoms with Gasteiger partial charge in [0.15, 0.2) is 5.69 Å². The van der Waals surface area contributed by atoms with Crippen LogP contribution in [-0.4, -0.2) is 40.3 Å². The second-order valence-corrected chi connectivity index (χ2v) is 5.61. The Balaban J connectivity index is 1.94. The summed E-state index contributed by atoms with van der Waals surface area (Å²) in [5.74, 6) is 1.44. The summed E-state index contributed by atoms with van der Waals surface area (Å²) in [6, 6.07) is 5.64. The van der Waals surface area contributed by atoms with Crippen LogP contribution in [0.3, 0.4) is 0 Å². The van der Waals surface area contributed by atoms with Gasteiger partial charge in [0.2, 0.25) is 0 Å². The first kappa shape index (κ1) is 14.8. The van der Waals surface area contributed by atoms with E-state index >= 15 is 0 Å². The predicted molar refractivity (Wildman–Crippen MR) is 82.5 cm³/mol. The lowest BCUT2D eigenvalue weighted by Crippen LogP contribution is -2.31. The molecule has 1 amide bonds. The van der Waals surface area contributed by atoms with Crippen LogP contribution in [0, 0.1) is 0 Å². The van der Waals surface area contributed by atoms with E-state index < -0.39 is 0 Å². The molecule has 1 fully saturated rings. The van der Waals surface area contributed by atoms with Crippen LogP contribution in [0.15, 0.2) is 24.4 Å². The smallest absolute Gasteiger partial charge is 0.275 e. The van der Waals surface area contributed by atoms with Gasteiger partial charge in [-0.15, -0.1) is 0 Å². The largest absolute Gasteiger partial charge is 0.497 e. The van der Waals surface area contributed by atoms with Gasteiger partial charge in [-0.1, -0.05) is 0 Å². The normalized spacial score (nSPS) is 17.5. The number of aromatic nitrogens is 2. The molecular weight excluding hydrogens is 302 g/mol. The summed E-state index contributed by atoms with van der Waals surface area (Å²) < 4.78 is 18.7. The fraction of sp³-hybridized carbons (Fsp3) is 0.400. The van der Waals surface area contributed by atoms with Crippen LogP contribution in [0.1, 0.15) is 34.9 Å². The van der Waals surface area contributed by atoms with E-state index in [1.807, 2.05) is 23.1 Å². The molecule has 0 radical (unpaired) electrons. The highest BCUT2D eigenvalue weighted by Gasteiger charge is 2.33. The highest BCUT2D eigenvalue weighted by molar-refractivity contribution is 6.99. The molecule has 0 N–H and O–H groups in total. The van der Waals surface area contributed by atoms with Crippen molar-refractivity contribution >= 4 is 17.6 Å². The van der Waals surface area contributed by atoms with Crippen molar-refractivity contribution in [2.45, 2.75) is 18.9 Å². The average Bonchev–Trinajstić information content (AvgIpc) is 3.24. The molecular formula is C15H17N3O3S. The van der Waals surface area contributed by atoms with E-state index in [0.717, 1.165) is 41.6 Å². The van der Waals surface area contributed by atoms with Crippen LogP contribution < -0.4 is 9.47 Å². The number of nitrogens with zero attached hydrogens (tertiary/aromatic N) is 3. The van der Waals surface area contributed by atoms with Gasteiger partial charge in [0.1, 0.15) is 11.5 Å². The molecule has 0 saturated carbocycles. The Morgan fingerprint density at radius 3 is 2.91 bits per heavy atom. The fourth-order valence-electron chi connectivity index (χ4n) is 2.84. The minimum absolute atomic E-state index is 0.0285. The average molecular weight is 319 g/mol. The van der Waals surface area contributed by atoms with Crippen LogP contribution in [0.4, 0.5) is 0 Å². The summed E-state index contributed by atoms with van der Waals surface area (Å²) in [5, 5.41) is 0. The fourth-order valence-corrected chi connectivity index (χ4v) is 3.25. The van der Waals surface area contributed by atoms with Gasteiger partial charge in [-0.3, -0.25) is 4.79 Å². The van der Waals surface area contributed by atoms with Crippen LogP contribution in [0.2, 0.25) is 0 Å². The number of hydrogen-bond donors (Lipinski definition) is 0. The Kier molecular flexibility index (Phi) is 4.24. The zero-order valence-electron chi connectivity index (χ0n) is 12.5. The molecule has 1 aromatic heterocycles. The lowest BCUT2D eigenvalue weighted by atomic mass is 10.0. The van der Waals surface area contributed by atoms with Crippen LogP contribution >= 0.6 is 11.7 Å². The summed E-state index contributed by atoms with van der Waals surface area (Å²) in [4.78, 5) is 14.4. The minimum atomic E-state index is -0.0823.